The van der Waals surface area contributed by atoms with Gasteiger partial charge in [0, 0.05) is 29.2 Å². The molecule has 1 aliphatic rings. The zero-order valence-electron chi connectivity index (χ0n) is 13.1. The van der Waals surface area contributed by atoms with Crippen LogP contribution in [0.5, 0.6) is 0 Å². The number of pyridine rings is 1. The largest absolute Gasteiger partial charge is 0.453 e. The highest BCUT2D eigenvalue weighted by Crippen LogP contribution is 2.36. The summed E-state index contributed by atoms with van der Waals surface area (Å²) in [4.78, 5) is 7.46. The quantitative estimate of drug-likeness (QED) is 0.704. The summed E-state index contributed by atoms with van der Waals surface area (Å²) in [5.41, 5.74) is 1.37. The van der Waals surface area contributed by atoms with Gasteiger partial charge in [-0.2, -0.15) is 18.2 Å². The predicted octanol–water partition coefficient (Wildman–Crippen LogP) is 3.89. The van der Waals surface area contributed by atoms with Crippen LogP contribution in [0.3, 0.4) is 0 Å². The van der Waals surface area contributed by atoms with Crippen molar-refractivity contribution in [1.82, 2.24) is 19.7 Å². The summed E-state index contributed by atoms with van der Waals surface area (Å²) in [6.45, 7) is 0. The molecule has 0 fully saturated rings. The Bertz CT molecular complexity index is 978. The van der Waals surface area contributed by atoms with E-state index < -0.39 is 23.9 Å². The standard InChI is InChI=1S/C17H11F4N5/c18-12-4-2-1-3-11(12)14-9-13(10-5-7-22-8-6-10)23-16-24-15(17(19,20)21)25-26(14)16/h1-9,14H,(H,23,24,25). The van der Waals surface area contributed by atoms with Crippen molar-refractivity contribution in [1.29, 1.82) is 0 Å². The number of benzene rings is 1. The Morgan fingerprint density at radius 1 is 1.04 bits per heavy atom. The monoisotopic (exact) mass is 361 g/mol. The number of allylic oxidation sites excluding steroid dienone is 1. The number of alkyl halides is 3. The van der Waals surface area contributed by atoms with Gasteiger partial charge in [0.15, 0.2) is 0 Å². The van der Waals surface area contributed by atoms with Gasteiger partial charge >= 0.3 is 6.18 Å². The summed E-state index contributed by atoms with van der Waals surface area (Å²) >= 11 is 0. The maximum atomic E-state index is 14.3. The molecule has 132 valence electrons. The molecule has 0 aliphatic carbocycles. The van der Waals surface area contributed by atoms with Crippen LogP contribution in [0, 0.1) is 5.82 Å². The van der Waals surface area contributed by atoms with Gasteiger partial charge in [-0.05, 0) is 24.3 Å². The summed E-state index contributed by atoms with van der Waals surface area (Å²) in [6, 6.07) is 8.38. The maximum Gasteiger partial charge on any atom is 0.453 e. The highest BCUT2D eigenvalue weighted by atomic mass is 19.4. The molecule has 1 unspecified atom stereocenters. The van der Waals surface area contributed by atoms with Gasteiger partial charge < -0.3 is 5.32 Å². The van der Waals surface area contributed by atoms with Gasteiger partial charge in [-0.1, -0.05) is 18.2 Å². The Hall–Kier alpha value is -3.23. The summed E-state index contributed by atoms with van der Waals surface area (Å²) in [6.07, 6.45) is 0.00504. The minimum Gasteiger partial charge on any atom is -0.324 e. The number of anilines is 1. The minimum atomic E-state index is -4.71. The van der Waals surface area contributed by atoms with E-state index in [0.717, 1.165) is 4.68 Å². The summed E-state index contributed by atoms with van der Waals surface area (Å²) in [7, 11) is 0. The van der Waals surface area contributed by atoms with Crippen molar-refractivity contribution in [2.75, 3.05) is 5.32 Å². The number of fused-ring (bicyclic) bond motifs is 1. The fourth-order valence-electron chi connectivity index (χ4n) is 2.75. The third-order valence-electron chi connectivity index (χ3n) is 3.93. The van der Waals surface area contributed by atoms with Gasteiger partial charge in [-0.15, -0.1) is 5.10 Å². The first-order valence-corrected chi connectivity index (χ1v) is 7.61. The van der Waals surface area contributed by atoms with Crippen molar-refractivity contribution in [3.8, 4) is 0 Å². The summed E-state index contributed by atoms with van der Waals surface area (Å²) in [5.74, 6) is -1.94. The summed E-state index contributed by atoms with van der Waals surface area (Å²) in [5, 5.41) is 6.37. The molecule has 0 saturated heterocycles. The fourth-order valence-corrected chi connectivity index (χ4v) is 2.75. The highest BCUT2D eigenvalue weighted by molar-refractivity contribution is 5.76. The predicted molar refractivity (Wildman–Crippen MR) is 85.4 cm³/mol. The van der Waals surface area contributed by atoms with E-state index in [4.69, 9.17) is 0 Å². The summed E-state index contributed by atoms with van der Waals surface area (Å²) < 4.78 is 54.4. The molecule has 3 aromatic rings. The number of hydrogen-bond donors (Lipinski definition) is 1. The van der Waals surface area contributed by atoms with E-state index >= 15 is 0 Å². The molecule has 1 atom stereocenters. The molecule has 0 bridgehead atoms. The second kappa shape index (κ2) is 5.94. The molecule has 4 rings (SSSR count). The van der Waals surface area contributed by atoms with E-state index in [-0.39, 0.29) is 11.5 Å². The molecule has 1 N–H and O–H groups in total. The first kappa shape index (κ1) is 16.2. The van der Waals surface area contributed by atoms with Gasteiger partial charge in [-0.3, -0.25) is 4.98 Å². The number of nitrogens with one attached hydrogen (secondary N) is 1. The molecule has 3 heterocycles. The second-order valence-electron chi connectivity index (χ2n) is 5.61. The zero-order valence-corrected chi connectivity index (χ0v) is 13.1. The molecule has 5 nitrogen and oxygen atoms in total. The lowest BCUT2D eigenvalue weighted by Gasteiger charge is -2.24. The molecule has 26 heavy (non-hydrogen) atoms. The SMILES string of the molecule is Fc1ccccc1C1C=C(c2ccncc2)Nc2nc(C(F)(F)F)nn21. The van der Waals surface area contributed by atoms with E-state index in [2.05, 4.69) is 20.4 Å². The number of rotatable bonds is 2. The second-order valence-corrected chi connectivity index (χ2v) is 5.61. The van der Waals surface area contributed by atoms with Gasteiger partial charge in [0.05, 0.1) is 0 Å². The zero-order chi connectivity index (χ0) is 18.3. The van der Waals surface area contributed by atoms with E-state index in [0.29, 0.717) is 11.3 Å². The van der Waals surface area contributed by atoms with Crippen molar-refractivity contribution in [3.05, 3.63) is 77.6 Å². The lowest BCUT2D eigenvalue weighted by Crippen LogP contribution is -2.21. The average Bonchev–Trinajstić information content (AvgIpc) is 3.07. The van der Waals surface area contributed by atoms with Crippen molar-refractivity contribution < 1.29 is 17.6 Å². The van der Waals surface area contributed by atoms with Crippen LogP contribution in [-0.4, -0.2) is 19.7 Å². The molecule has 1 aliphatic heterocycles. The van der Waals surface area contributed by atoms with Gasteiger partial charge in [0.25, 0.3) is 5.82 Å². The Kier molecular flexibility index (Phi) is 3.71. The van der Waals surface area contributed by atoms with E-state index in [1.54, 1.807) is 36.7 Å². The van der Waals surface area contributed by atoms with Crippen molar-refractivity contribution in [2.24, 2.45) is 0 Å². The molecular weight excluding hydrogens is 350 g/mol. The van der Waals surface area contributed by atoms with E-state index in [1.165, 1.54) is 18.2 Å². The Labute approximate surface area is 145 Å². The fraction of sp³-hybridized carbons (Fsp3) is 0.118. The van der Waals surface area contributed by atoms with E-state index in [9.17, 15) is 17.6 Å². The van der Waals surface area contributed by atoms with Crippen molar-refractivity contribution in [3.63, 3.8) is 0 Å². The van der Waals surface area contributed by atoms with Crippen LogP contribution < -0.4 is 5.32 Å². The van der Waals surface area contributed by atoms with Crippen LogP contribution in [0.1, 0.15) is 23.0 Å². The van der Waals surface area contributed by atoms with Crippen LogP contribution in [0.4, 0.5) is 23.5 Å². The van der Waals surface area contributed by atoms with Gasteiger partial charge in [0.1, 0.15) is 11.9 Å². The van der Waals surface area contributed by atoms with Crippen LogP contribution in [0.2, 0.25) is 0 Å². The number of aromatic nitrogens is 4. The number of halogens is 4. The molecule has 0 radical (unpaired) electrons. The van der Waals surface area contributed by atoms with Gasteiger partial charge in [0.2, 0.25) is 5.95 Å². The van der Waals surface area contributed by atoms with Crippen LogP contribution >= 0.6 is 0 Å². The minimum absolute atomic E-state index is 0.111. The topological polar surface area (TPSA) is 55.6 Å². The first-order valence-electron chi connectivity index (χ1n) is 7.61. The molecule has 1 aromatic carbocycles. The third kappa shape index (κ3) is 2.81. The molecular formula is C17H11F4N5. The van der Waals surface area contributed by atoms with Crippen LogP contribution in [0.25, 0.3) is 5.70 Å². The Morgan fingerprint density at radius 3 is 2.46 bits per heavy atom. The molecule has 9 heteroatoms. The molecule has 0 amide bonds. The van der Waals surface area contributed by atoms with Crippen LogP contribution in [0.15, 0.2) is 54.9 Å². The Balaban J connectivity index is 1.88. The molecule has 2 aromatic heterocycles. The molecule has 0 spiro atoms. The number of nitrogens with zero attached hydrogens (tertiary/aromatic N) is 4. The lowest BCUT2D eigenvalue weighted by atomic mass is 10.0. The third-order valence-corrected chi connectivity index (χ3v) is 3.93. The highest BCUT2D eigenvalue weighted by Gasteiger charge is 2.39. The Morgan fingerprint density at radius 2 is 1.77 bits per heavy atom. The van der Waals surface area contributed by atoms with Crippen molar-refractivity contribution in [2.45, 2.75) is 12.2 Å². The lowest BCUT2D eigenvalue weighted by molar-refractivity contribution is -0.145. The van der Waals surface area contributed by atoms with E-state index in [1.807, 2.05) is 0 Å². The normalized spacial score (nSPS) is 16.6. The molecule has 0 saturated carbocycles. The smallest absolute Gasteiger partial charge is 0.324 e. The van der Waals surface area contributed by atoms with Crippen LogP contribution in [-0.2, 0) is 6.18 Å². The first-order chi connectivity index (χ1) is 12.4. The number of hydrogen-bond acceptors (Lipinski definition) is 4. The average molecular weight is 361 g/mol. The van der Waals surface area contributed by atoms with Crippen molar-refractivity contribution >= 4 is 11.6 Å². The van der Waals surface area contributed by atoms with Gasteiger partial charge in [-0.25, -0.2) is 9.07 Å². The maximum absolute atomic E-state index is 14.3.